The van der Waals surface area contributed by atoms with Gasteiger partial charge in [0.2, 0.25) is 0 Å². The Kier molecular flexibility index (Phi) is 6.76. The second-order valence-corrected chi connectivity index (χ2v) is 6.42. The van der Waals surface area contributed by atoms with Gasteiger partial charge in [-0.05, 0) is 31.0 Å². The van der Waals surface area contributed by atoms with Crippen molar-refractivity contribution in [3.8, 4) is 0 Å². The van der Waals surface area contributed by atoms with Crippen molar-refractivity contribution < 1.29 is 28.3 Å². The first-order chi connectivity index (χ1) is 12.8. The molecule has 0 fully saturated rings. The predicted molar refractivity (Wildman–Crippen MR) is 97.1 cm³/mol. The number of carbonyl (C=O) groups excluding carboxylic acids is 3. The van der Waals surface area contributed by atoms with E-state index in [0.717, 1.165) is 5.56 Å². The Bertz CT molecular complexity index is 806. The fourth-order valence-electron chi connectivity index (χ4n) is 2.40. The lowest BCUT2D eigenvalue weighted by Crippen LogP contribution is -2.45. The van der Waals surface area contributed by atoms with Crippen LogP contribution in [0.1, 0.15) is 45.9 Å². The maximum Gasteiger partial charge on any atom is 0.341 e. The summed E-state index contributed by atoms with van der Waals surface area (Å²) in [4.78, 5) is 36.5. The minimum absolute atomic E-state index is 0.183. The number of esters is 2. The summed E-state index contributed by atoms with van der Waals surface area (Å²) in [5.74, 6) is -1.56. The second-order valence-electron chi connectivity index (χ2n) is 6.42. The van der Waals surface area contributed by atoms with Gasteiger partial charge >= 0.3 is 11.9 Å². The van der Waals surface area contributed by atoms with Crippen molar-refractivity contribution in [2.75, 3.05) is 7.11 Å². The van der Waals surface area contributed by atoms with Crippen LogP contribution in [-0.2, 0) is 20.9 Å². The van der Waals surface area contributed by atoms with E-state index in [1.807, 2.05) is 19.1 Å². The highest BCUT2D eigenvalue weighted by Gasteiger charge is 2.27. The van der Waals surface area contributed by atoms with Crippen molar-refractivity contribution in [3.05, 3.63) is 59.0 Å². The zero-order chi connectivity index (χ0) is 20.0. The molecule has 0 bridgehead atoms. The maximum absolute atomic E-state index is 12.5. The van der Waals surface area contributed by atoms with Crippen LogP contribution in [0.15, 0.2) is 41.0 Å². The lowest BCUT2D eigenvalue weighted by atomic mass is 10.0. The Labute approximate surface area is 157 Å². The molecule has 1 N–H and O–H groups in total. The number of carbonyl (C=O) groups is 3. The maximum atomic E-state index is 12.5. The van der Waals surface area contributed by atoms with Crippen molar-refractivity contribution in [3.63, 3.8) is 0 Å². The zero-order valence-electron chi connectivity index (χ0n) is 15.8. The van der Waals surface area contributed by atoms with Gasteiger partial charge in [-0.3, -0.25) is 4.79 Å². The third-order valence-electron chi connectivity index (χ3n) is 4.02. The van der Waals surface area contributed by atoms with Gasteiger partial charge in [-0.1, -0.05) is 31.5 Å². The van der Waals surface area contributed by atoms with Crippen LogP contribution in [-0.4, -0.2) is 31.0 Å². The Morgan fingerprint density at radius 3 is 2.37 bits per heavy atom. The summed E-state index contributed by atoms with van der Waals surface area (Å²) in [7, 11) is 1.25. The molecule has 0 aliphatic rings. The molecular formula is C20H23NO6. The molecule has 0 saturated carbocycles. The van der Waals surface area contributed by atoms with Crippen LogP contribution >= 0.6 is 0 Å². The first-order valence-electron chi connectivity index (χ1n) is 8.52. The van der Waals surface area contributed by atoms with Crippen molar-refractivity contribution in [1.82, 2.24) is 5.32 Å². The number of nitrogens with one attached hydrogen (secondary N) is 1. The summed E-state index contributed by atoms with van der Waals surface area (Å²) in [5, 5.41) is 2.69. The average Bonchev–Trinajstić information content (AvgIpc) is 3.12. The first kappa shape index (κ1) is 20.2. The van der Waals surface area contributed by atoms with Gasteiger partial charge in [0.1, 0.15) is 18.2 Å². The number of furan rings is 1. The van der Waals surface area contributed by atoms with Crippen molar-refractivity contribution in [2.24, 2.45) is 5.92 Å². The highest BCUT2D eigenvalue weighted by atomic mass is 16.5. The molecule has 1 atom stereocenters. The van der Waals surface area contributed by atoms with Crippen molar-refractivity contribution >= 4 is 17.8 Å². The summed E-state index contributed by atoms with van der Waals surface area (Å²) in [6, 6.07) is 7.63. The molecule has 1 aromatic carbocycles. The summed E-state index contributed by atoms with van der Waals surface area (Å²) in [6.45, 7) is 5.29. The van der Waals surface area contributed by atoms with E-state index in [4.69, 9.17) is 9.15 Å². The number of amides is 1. The van der Waals surface area contributed by atoms with Crippen LogP contribution in [0.25, 0.3) is 0 Å². The lowest BCUT2D eigenvalue weighted by molar-refractivity contribution is -0.149. The second kappa shape index (κ2) is 9.02. The molecular weight excluding hydrogens is 350 g/mol. The molecule has 7 nitrogen and oxygen atoms in total. The third-order valence-corrected chi connectivity index (χ3v) is 4.02. The van der Waals surface area contributed by atoms with Crippen molar-refractivity contribution in [2.45, 2.75) is 33.4 Å². The van der Waals surface area contributed by atoms with Crippen LogP contribution in [0.5, 0.6) is 0 Å². The largest absolute Gasteiger partial charge is 0.465 e. The molecule has 1 amide bonds. The van der Waals surface area contributed by atoms with Gasteiger partial charge in [0, 0.05) is 5.56 Å². The molecule has 2 rings (SSSR count). The molecule has 0 spiro atoms. The van der Waals surface area contributed by atoms with Crippen LogP contribution in [0.4, 0.5) is 0 Å². The van der Waals surface area contributed by atoms with E-state index in [1.165, 1.54) is 19.4 Å². The highest BCUT2D eigenvalue weighted by molar-refractivity contribution is 5.97. The van der Waals surface area contributed by atoms with Crippen LogP contribution in [0.3, 0.4) is 0 Å². The van der Waals surface area contributed by atoms with Crippen molar-refractivity contribution in [1.29, 1.82) is 0 Å². The Morgan fingerprint density at radius 2 is 1.78 bits per heavy atom. The molecule has 144 valence electrons. The summed E-state index contributed by atoms with van der Waals surface area (Å²) < 4.78 is 15.1. The Morgan fingerprint density at radius 1 is 1.11 bits per heavy atom. The normalized spacial score (nSPS) is 11.7. The number of methoxy groups -OCH3 is 1. The number of benzene rings is 1. The number of ether oxygens (including phenoxy) is 2. The molecule has 0 saturated heterocycles. The van der Waals surface area contributed by atoms with E-state index in [2.05, 4.69) is 10.1 Å². The van der Waals surface area contributed by atoms with Gasteiger partial charge in [0.15, 0.2) is 5.76 Å². The molecule has 1 heterocycles. The molecule has 0 unspecified atom stereocenters. The monoisotopic (exact) mass is 373 g/mol. The molecule has 27 heavy (non-hydrogen) atoms. The highest BCUT2D eigenvalue weighted by Crippen LogP contribution is 2.15. The van der Waals surface area contributed by atoms with Crippen LogP contribution in [0.2, 0.25) is 0 Å². The van der Waals surface area contributed by atoms with Gasteiger partial charge in [-0.2, -0.15) is 0 Å². The number of aryl methyl sites for hydroxylation is 1. The molecule has 0 radical (unpaired) electrons. The summed E-state index contributed by atoms with van der Waals surface area (Å²) >= 11 is 0. The minimum atomic E-state index is -0.838. The molecule has 7 heteroatoms. The summed E-state index contributed by atoms with van der Waals surface area (Å²) in [6.07, 6.45) is 1.31. The number of hydrogen-bond acceptors (Lipinski definition) is 6. The topological polar surface area (TPSA) is 94.8 Å². The number of rotatable bonds is 7. The number of hydrogen-bond donors (Lipinski definition) is 1. The average molecular weight is 373 g/mol. The van der Waals surface area contributed by atoms with E-state index in [9.17, 15) is 14.4 Å². The zero-order valence-corrected chi connectivity index (χ0v) is 15.8. The van der Waals surface area contributed by atoms with E-state index in [1.54, 1.807) is 26.0 Å². The van der Waals surface area contributed by atoms with Crippen LogP contribution in [0, 0.1) is 12.8 Å². The Balaban J connectivity index is 2.03. The van der Waals surface area contributed by atoms with E-state index in [-0.39, 0.29) is 29.8 Å². The quantitative estimate of drug-likeness (QED) is 0.750. The molecule has 0 aliphatic carbocycles. The van der Waals surface area contributed by atoms with Gasteiger partial charge in [0.05, 0.1) is 13.4 Å². The fourth-order valence-corrected chi connectivity index (χ4v) is 2.40. The standard InChI is InChI=1S/C20H23NO6/c1-12(2)17(21-18(22)14-7-5-13(3)6-8-14)20(24)27-11-16-15(9-10-26-16)19(23)25-4/h5-10,12,17H,11H2,1-4H3,(H,21,22)/t17-/m0/s1. The SMILES string of the molecule is COC(=O)c1ccoc1COC(=O)[C@@H](NC(=O)c1ccc(C)cc1)C(C)C. The predicted octanol–water partition coefficient (Wildman–Crippen LogP) is 2.87. The van der Waals surface area contributed by atoms with Gasteiger partial charge in [-0.15, -0.1) is 0 Å². The van der Waals surface area contributed by atoms with Gasteiger partial charge < -0.3 is 19.2 Å². The third kappa shape index (κ3) is 5.20. The van der Waals surface area contributed by atoms with E-state index < -0.39 is 18.0 Å². The smallest absolute Gasteiger partial charge is 0.341 e. The van der Waals surface area contributed by atoms with Gasteiger partial charge in [-0.25, -0.2) is 9.59 Å². The molecule has 0 aliphatic heterocycles. The van der Waals surface area contributed by atoms with E-state index >= 15 is 0 Å². The molecule has 1 aromatic heterocycles. The minimum Gasteiger partial charge on any atom is -0.465 e. The Hall–Kier alpha value is -3.09. The fraction of sp³-hybridized carbons (Fsp3) is 0.350. The van der Waals surface area contributed by atoms with Crippen LogP contribution < -0.4 is 5.32 Å². The lowest BCUT2D eigenvalue weighted by Gasteiger charge is -2.20. The first-order valence-corrected chi connectivity index (χ1v) is 8.52. The molecule has 2 aromatic rings. The van der Waals surface area contributed by atoms with Gasteiger partial charge in [0.25, 0.3) is 5.91 Å². The van der Waals surface area contributed by atoms with E-state index in [0.29, 0.717) is 5.56 Å². The summed E-state index contributed by atoms with van der Waals surface area (Å²) in [5.41, 5.74) is 1.68.